The number of halogens is 2. The summed E-state index contributed by atoms with van der Waals surface area (Å²) in [5.74, 6) is 0.852. The fourth-order valence-corrected chi connectivity index (χ4v) is 3.96. The highest BCUT2D eigenvalue weighted by Gasteiger charge is 2.20. The molecule has 4 nitrogen and oxygen atoms in total. The molecule has 4 rings (SSSR count). The molecule has 164 valence electrons. The van der Waals surface area contributed by atoms with E-state index in [2.05, 4.69) is 48.3 Å². The van der Waals surface area contributed by atoms with Gasteiger partial charge in [0.25, 0.3) is 0 Å². The summed E-state index contributed by atoms with van der Waals surface area (Å²) >= 11 is 0. The molecule has 0 amide bonds. The van der Waals surface area contributed by atoms with E-state index in [1.165, 1.54) is 5.39 Å². The van der Waals surface area contributed by atoms with E-state index >= 15 is 0 Å². The molecule has 0 fully saturated rings. The molecule has 0 saturated carbocycles. The summed E-state index contributed by atoms with van der Waals surface area (Å²) in [5.41, 5.74) is 12.3. The van der Waals surface area contributed by atoms with Gasteiger partial charge in [0, 0.05) is 29.0 Å². The second-order valence-corrected chi connectivity index (χ2v) is 7.34. The number of aromatic amines is 1. The molecule has 1 aliphatic heterocycles. The second kappa shape index (κ2) is 10.7. The van der Waals surface area contributed by atoms with Gasteiger partial charge in [0.05, 0.1) is 12.8 Å². The van der Waals surface area contributed by atoms with Crippen LogP contribution in [0.1, 0.15) is 28.9 Å². The lowest BCUT2D eigenvalue weighted by Gasteiger charge is -2.09. The topological polar surface area (TPSA) is 54.0 Å². The van der Waals surface area contributed by atoms with E-state index in [4.69, 9.17) is 18.5 Å². The summed E-state index contributed by atoms with van der Waals surface area (Å²) in [6.07, 6.45) is 10.7. The first-order valence-electron chi connectivity index (χ1n) is 10.0. The van der Waals surface area contributed by atoms with Crippen LogP contribution >= 0.6 is 0 Å². The van der Waals surface area contributed by atoms with Gasteiger partial charge in [-0.05, 0) is 60.5 Å². The van der Waals surface area contributed by atoms with Crippen molar-refractivity contribution in [3.05, 3.63) is 82.8 Å². The van der Waals surface area contributed by atoms with Crippen molar-refractivity contribution in [2.24, 2.45) is 5.73 Å². The van der Waals surface area contributed by atoms with Crippen LogP contribution in [-0.2, 0) is 0 Å². The smallest absolute Gasteiger partial charge is 0.496 e. The van der Waals surface area contributed by atoms with E-state index < -0.39 is 0 Å². The maximum atomic E-state index is 6.10. The number of nitrogens with two attached hydrogens (primary N) is 1. The number of nitrogens with zero attached hydrogens (tertiary/aromatic N) is 1. The van der Waals surface area contributed by atoms with E-state index in [9.17, 15) is 0 Å². The third kappa shape index (κ3) is 4.73. The van der Waals surface area contributed by atoms with Crippen LogP contribution in [0.4, 0.5) is 9.41 Å². The van der Waals surface area contributed by atoms with Crippen LogP contribution in [0, 0.1) is 6.92 Å². The molecule has 0 bridgehead atoms. The van der Waals surface area contributed by atoms with E-state index in [1.807, 2.05) is 36.6 Å². The molecule has 32 heavy (non-hydrogen) atoms. The van der Waals surface area contributed by atoms with Crippen LogP contribution in [-0.4, -0.2) is 37.3 Å². The highest BCUT2D eigenvalue weighted by molar-refractivity contribution is 6.01. The Bertz CT molecular complexity index is 1230. The van der Waals surface area contributed by atoms with Gasteiger partial charge < -0.3 is 15.5 Å². The third-order valence-electron chi connectivity index (χ3n) is 5.40. The van der Waals surface area contributed by atoms with Gasteiger partial charge in [0.1, 0.15) is 12.0 Å². The summed E-state index contributed by atoms with van der Waals surface area (Å²) in [4.78, 5) is 3.55. The minimum atomic E-state index is 0. The van der Waals surface area contributed by atoms with E-state index in [1.54, 1.807) is 11.6 Å². The number of allylic oxidation sites excluding steroid dienone is 2. The van der Waals surface area contributed by atoms with Crippen molar-refractivity contribution in [1.29, 1.82) is 0 Å². The first kappa shape index (κ1) is 24.8. The van der Waals surface area contributed by atoms with Crippen LogP contribution in [0.15, 0.2) is 60.3 Å². The summed E-state index contributed by atoms with van der Waals surface area (Å²) in [5, 5.41) is 2.34. The van der Waals surface area contributed by atoms with Crippen molar-refractivity contribution in [3.8, 4) is 5.75 Å². The van der Waals surface area contributed by atoms with Gasteiger partial charge in [-0.25, -0.2) is 0 Å². The Morgan fingerprint density at radius 1 is 1.16 bits per heavy atom. The summed E-state index contributed by atoms with van der Waals surface area (Å²) in [7, 11) is 7.80. The minimum Gasteiger partial charge on any atom is -0.496 e. The Kier molecular flexibility index (Phi) is 8.32. The fourth-order valence-electron chi connectivity index (χ4n) is 3.96. The van der Waals surface area contributed by atoms with Crippen molar-refractivity contribution in [3.63, 3.8) is 0 Å². The number of fused-ring (bicyclic) bond motifs is 1. The van der Waals surface area contributed by atoms with Gasteiger partial charge in [0.2, 0.25) is 0 Å². The summed E-state index contributed by atoms with van der Waals surface area (Å²) < 4.78 is 7.25. The number of aromatic nitrogens is 1. The van der Waals surface area contributed by atoms with Gasteiger partial charge in [-0.3, -0.25) is 13.9 Å². The van der Waals surface area contributed by atoms with Crippen LogP contribution in [0.2, 0.25) is 0 Å². The number of H-pyrrole nitrogens is 1. The lowest BCUT2D eigenvalue weighted by atomic mass is 10.0. The number of ether oxygens (including phenoxy) is 1. The average molecular weight is 434 g/mol. The third-order valence-corrected chi connectivity index (χ3v) is 5.40. The molecule has 0 spiro atoms. The van der Waals surface area contributed by atoms with Crippen molar-refractivity contribution >= 4 is 42.7 Å². The number of aryl methyl sites for hydroxylation is 1. The lowest BCUT2D eigenvalue weighted by molar-refractivity contribution is -0.294. The summed E-state index contributed by atoms with van der Waals surface area (Å²) in [6.45, 7) is 2.65. The molecule has 0 unspecified atom stereocenters. The molecule has 2 radical (unpaired) electrons. The molecule has 1 aromatic heterocycles. The molecular formula is C25H27BF2N3O+. The summed E-state index contributed by atoms with van der Waals surface area (Å²) in [6, 6.07) is 14.6. The Balaban J connectivity index is 0.00000181. The number of benzene rings is 2. The zero-order chi connectivity index (χ0) is 21.1. The first-order valence-corrected chi connectivity index (χ1v) is 10.0. The predicted molar refractivity (Wildman–Crippen MR) is 132 cm³/mol. The van der Waals surface area contributed by atoms with Gasteiger partial charge >= 0.3 is 7.98 Å². The van der Waals surface area contributed by atoms with Crippen LogP contribution < -0.4 is 10.5 Å². The number of methoxy groups -OCH3 is 1. The highest BCUT2D eigenvalue weighted by atomic mass is 19.0. The maximum absolute atomic E-state index is 6.10. The maximum Gasteiger partial charge on any atom is 0.586 e. The Morgan fingerprint density at radius 2 is 1.94 bits per heavy atom. The number of rotatable bonds is 6. The predicted octanol–water partition coefficient (Wildman–Crippen LogP) is 4.76. The van der Waals surface area contributed by atoms with Gasteiger partial charge in [-0.1, -0.05) is 30.3 Å². The van der Waals surface area contributed by atoms with E-state index in [-0.39, 0.29) is 9.41 Å². The second-order valence-electron chi connectivity index (χ2n) is 7.34. The van der Waals surface area contributed by atoms with E-state index in [0.717, 1.165) is 51.3 Å². The first-order chi connectivity index (χ1) is 14.6. The fraction of sp³-hybridized carbons (Fsp3) is 0.160. The zero-order valence-electron chi connectivity index (χ0n) is 18.2. The van der Waals surface area contributed by atoms with Crippen molar-refractivity contribution in [2.75, 3.05) is 13.7 Å². The van der Waals surface area contributed by atoms with Gasteiger partial charge in [-0.2, -0.15) is 0 Å². The normalized spacial score (nSPS) is 14.3. The molecule has 0 saturated heterocycles. The van der Waals surface area contributed by atoms with Crippen molar-refractivity contribution in [2.45, 2.75) is 13.3 Å². The molecule has 7 heteroatoms. The molecule has 3 N–H and O–H groups in total. The van der Waals surface area contributed by atoms with Crippen molar-refractivity contribution in [1.82, 2.24) is 4.98 Å². The van der Waals surface area contributed by atoms with Crippen LogP contribution in [0.3, 0.4) is 0 Å². The van der Waals surface area contributed by atoms with Gasteiger partial charge in [-0.15, -0.1) is 0 Å². The van der Waals surface area contributed by atoms with Crippen LogP contribution in [0.5, 0.6) is 5.75 Å². The Morgan fingerprint density at radius 3 is 2.62 bits per heavy atom. The zero-order valence-corrected chi connectivity index (χ0v) is 18.2. The van der Waals surface area contributed by atoms with Crippen molar-refractivity contribution < 1.29 is 18.6 Å². The molecule has 1 aliphatic rings. The Labute approximate surface area is 188 Å². The highest BCUT2D eigenvalue weighted by Crippen LogP contribution is 2.31. The molecule has 2 aromatic carbocycles. The van der Waals surface area contributed by atoms with Gasteiger partial charge in [0.15, 0.2) is 5.70 Å². The number of hydrogen-bond donors (Lipinski definition) is 2. The molecule has 3 aromatic rings. The molecule has 0 atom stereocenters. The largest absolute Gasteiger partial charge is 0.586 e. The SMILES string of the molecule is F.F.[B][N+]1=CC=CC1=C(CCN)c1[nH]c(/C=C/c2c(OC)ccc3ccccc23)cc1C. The number of hydrogen-bond acceptors (Lipinski definition) is 2. The Hall–Kier alpha value is -3.45. The molecular weight excluding hydrogens is 407 g/mol. The average Bonchev–Trinajstić information content (AvgIpc) is 3.35. The monoisotopic (exact) mass is 434 g/mol. The quantitative estimate of drug-likeness (QED) is 0.550. The molecule has 0 aliphatic carbocycles. The number of nitrogens with one attached hydrogen (secondary N) is 1. The standard InChI is InChI=1S/C25H25BN3O.2FH/c1-17-16-19(28-25(17)22(13-14-27)23-8-5-15-29(23)26)10-11-21-20-7-4-3-6-18(20)9-12-24(21)30-2;;/h3-12,15-16,28H,13-14,27H2,1-2H3;2*1H/q+1;;/b11-10+;;. The molecule has 2 heterocycles. The minimum absolute atomic E-state index is 0. The van der Waals surface area contributed by atoms with E-state index in [0.29, 0.717) is 6.54 Å². The lowest BCUT2D eigenvalue weighted by Crippen LogP contribution is -2.09. The van der Waals surface area contributed by atoms with Crippen LogP contribution in [0.25, 0.3) is 28.5 Å².